The molecule has 0 aliphatic rings. The average Bonchev–Trinajstić information content (AvgIpc) is 2.92. The normalized spacial score (nSPS) is 12.3. The molecule has 10 heteroatoms. The maximum atomic E-state index is 12.1. The van der Waals surface area contributed by atoms with Crippen molar-refractivity contribution in [3.63, 3.8) is 0 Å². The van der Waals surface area contributed by atoms with Gasteiger partial charge in [0.25, 0.3) is 0 Å². The van der Waals surface area contributed by atoms with Crippen LogP contribution in [0.1, 0.15) is 25.0 Å². The van der Waals surface area contributed by atoms with E-state index < -0.39 is 18.0 Å². The predicted molar refractivity (Wildman–Crippen MR) is 141 cm³/mol. The van der Waals surface area contributed by atoms with E-state index in [1.165, 1.54) is 12.2 Å². The van der Waals surface area contributed by atoms with Gasteiger partial charge in [0, 0.05) is 6.61 Å². The summed E-state index contributed by atoms with van der Waals surface area (Å²) in [5, 5.41) is 37.2. The Balaban J connectivity index is 1.80. The molecule has 0 aromatic heterocycles. The standard InChI is InChI=1S/C29H30N2O8/c1-20(2)17-36-11-12-37-29(35)24(16-31)14-22-5-9-27(10-6-22)39-19-25(32)18-38-26-7-3-21(4-8-26)13-23(15-30)28(33)34/h3-10,13-14,20,25,32H,11-12,17-19H2,1-2H3,(H,33,34)/b23-13+,24-14+. The van der Waals surface area contributed by atoms with E-state index in [0.717, 1.165) is 0 Å². The SMILES string of the molecule is CC(C)COCCOC(=O)/C(C#N)=C/c1ccc(OCC(O)COc2ccc(/C=C(\C#N)C(=O)O)cc2)cc1. The third kappa shape index (κ3) is 11.5. The Bertz CT molecular complexity index is 1240. The van der Waals surface area contributed by atoms with Crippen LogP contribution in [0.15, 0.2) is 59.7 Å². The second-order valence-electron chi connectivity index (χ2n) is 8.66. The molecule has 1 unspecified atom stereocenters. The number of rotatable bonds is 15. The first kappa shape index (κ1) is 30.6. The number of benzene rings is 2. The van der Waals surface area contributed by atoms with Gasteiger partial charge in [-0.1, -0.05) is 38.1 Å². The summed E-state index contributed by atoms with van der Waals surface area (Å²) in [4.78, 5) is 23.0. The van der Waals surface area contributed by atoms with Gasteiger partial charge in [0.2, 0.25) is 0 Å². The molecule has 0 spiro atoms. The summed E-state index contributed by atoms with van der Waals surface area (Å²) in [6.07, 6.45) is 1.72. The Labute approximate surface area is 226 Å². The highest BCUT2D eigenvalue weighted by atomic mass is 16.6. The van der Waals surface area contributed by atoms with E-state index in [1.807, 2.05) is 19.9 Å². The van der Waals surface area contributed by atoms with Crippen molar-refractivity contribution < 1.29 is 38.7 Å². The number of carboxylic acid groups (broad SMARTS) is 1. The molecule has 204 valence electrons. The van der Waals surface area contributed by atoms with Crippen molar-refractivity contribution in [1.82, 2.24) is 0 Å². The molecule has 1 atom stereocenters. The zero-order chi connectivity index (χ0) is 28.6. The molecular weight excluding hydrogens is 504 g/mol. The van der Waals surface area contributed by atoms with Crippen molar-refractivity contribution in [3.8, 4) is 23.6 Å². The summed E-state index contributed by atoms with van der Waals surface area (Å²) >= 11 is 0. The number of carbonyl (C=O) groups excluding carboxylic acids is 1. The lowest BCUT2D eigenvalue weighted by Gasteiger charge is -2.14. The fraction of sp³-hybridized carbons (Fsp3) is 0.310. The molecule has 2 aromatic rings. The third-order valence-electron chi connectivity index (χ3n) is 4.87. The molecule has 0 heterocycles. The van der Waals surface area contributed by atoms with Gasteiger partial charge < -0.3 is 29.2 Å². The summed E-state index contributed by atoms with van der Waals surface area (Å²) in [7, 11) is 0. The van der Waals surface area contributed by atoms with Gasteiger partial charge in [-0.3, -0.25) is 0 Å². The molecule has 0 fully saturated rings. The first-order chi connectivity index (χ1) is 18.7. The van der Waals surface area contributed by atoms with E-state index >= 15 is 0 Å². The van der Waals surface area contributed by atoms with E-state index in [1.54, 1.807) is 54.6 Å². The second kappa shape index (κ2) is 16.3. The molecule has 2 N–H and O–H groups in total. The number of carbonyl (C=O) groups is 2. The Hall–Kier alpha value is -4.64. The minimum Gasteiger partial charge on any atom is -0.491 e. The first-order valence-corrected chi connectivity index (χ1v) is 12.1. The molecular formula is C29H30N2O8. The van der Waals surface area contributed by atoms with E-state index in [2.05, 4.69) is 0 Å². The van der Waals surface area contributed by atoms with Gasteiger partial charge in [0.15, 0.2) is 0 Å². The number of hydrogen-bond acceptors (Lipinski definition) is 9. The number of ether oxygens (including phenoxy) is 4. The summed E-state index contributed by atoms with van der Waals surface area (Å²) < 4.78 is 21.5. The van der Waals surface area contributed by atoms with Crippen molar-refractivity contribution in [2.24, 2.45) is 5.92 Å². The van der Waals surface area contributed by atoms with Gasteiger partial charge >= 0.3 is 11.9 Å². The molecule has 0 amide bonds. The smallest absolute Gasteiger partial charge is 0.348 e. The summed E-state index contributed by atoms with van der Waals surface area (Å²) in [5.41, 5.74) is 0.594. The van der Waals surface area contributed by atoms with Crippen LogP contribution in [0.5, 0.6) is 11.5 Å². The van der Waals surface area contributed by atoms with Crippen LogP contribution in [0.2, 0.25) is 0 Å². The zero-order valence-electron chi connectivity index (χ0n) is 21.7. The topological polar surface area (TPSA) is 159 Å². The highest BCUT2D eigenvalue weighted by Crippen LogP contribution is 2.17. The highest BCUT2D eigenvalue weighted by Gasteiger charge is 2.12. The van der Waals surface area contributed by atoms with Gasteiger partial charge in [0.1, 0.15) is 60.7 Å². The number of carboxylic acids is 1. The fourth-order valence-electron chi connectivity index (χ4n) is 2.96. The van der Waals surface area contributed by atoms with Crippen LogP contribution in [0, 0.1) is 28.6 Å². The van der Waals surface area contributed by atoms with Gasteiger partial charge in [0.05, 0.1) is 6.61 Å². The molecule has 0 radical (unpaired) electrons. The van der Waals surface area contributed by atoms with Crippen molar-refractivity contribution in [2.75, 3.05) is 33.0 Å². The molecule has 10 nitrogen and oxygen atoms in total. The number of esters is 1. The molecule has 0 bridgehead atoms. The minimum atomic E-state index is -1.31. The highest BCUT2D eigenvalue weighted by molar-refractivity contribution is 5.98. The molecule has 0 aliphatic heterocycles. The summed E-state index contributed by atoms with van der Waals surface area (Å²) in [6, 6.07) is 16.4. The molecule has 0 saturated heterocycles. The summed E-state index contributed by atoms with van der Waals surface area (Å²) in [6.45, 7) is 4.80. The largest absolute Gasteiger partial charge is 0.491 e. The summed E-state index contributed by atoms with van der Waals surface area (Å²) in [5.74, 6) is -0.742. The van der Waals surface area contributed by atoms with Crippen molar-refractivity contribution in [2.45, 2.75) is 20.0 Å². The lowest BCUT2D eigenvalue weighted by molar-refractivity contribution is -0.140. The Kier molecular flexibility index (Phi) is 12.7. The van der Waals surface area contributed by atoms with Crippen LogP contribution >= 0.6 is 0 Å². The quantitative estimate of drug-likeness (QED) is 0.149. The Morgan fingerprint density at radius 3 is 1.74 bits per heavy atom. The van der Waals surface area contributed by atoms with Gasteiger partial charge in [-0.15, -0.1) is 0 Å². The molecule has 2 aromatic carbocycles. The van der Waals surface area contributed by atoms with Crippen LogP contribution in [0.3, 0.4) is 0 Å². The number of aliphatic hydroxyl groups is 1. The number of aliphatic carboxylic acids is 1. The van der Waals surface area contributed by atoms with Crippen molar-refractivity contribution in [1.29, 1.82) is 10.5 Å². The lowest BCUT2D eigenvalue weighted by Crippen LogP contribution is -2.25. The predicted octanol–water partition coefficient (Wildman–Crippen LogP) is 3.62. The van der Waals surface area contributed by atoms with E-state index in [-0.39, 0.29) is 37.6 Å². The van der Waals surface area contributed by atoms with E-state index in [9.17, 15) is 20.0 Å². The van der Waals surface area contributed by atoms with Crippen molar-refractivity contribution in [3.05, 3.63) is 70.8 Å². The monoisotopic (exact) mass is 534 g/mol. The number of aliphatic hydroxyl groups excluding tert-OH is 1. The van der Waals surface area contributed by atoms with Crippen molar-refractivity contribution >= 4 is 24.1 Å². The maximum Gasteiger partial charge on any atom is 0.348 e. The molecule has 2 rings (SSSR count). The number of nitriles is 2. The molecule has 0 saturated carbocycles. The van der Waals surface area contributed by atoms with Gasteiger partial charge in [-0.05, 0) is 53.5 Å². The molecule has 0 aliphatic carbocycles. The number of hydrogen-bond donors (Lipinski definition) is 2. The Morgan fingerprint density at radius 1 is 0.821 bits per heavy atom. The van der Waals surface area contributed by atoms with Crippen LogP contribution in [0.25, 0.3) is 12.2 Å². The zero-order valence-corrected chi connectivity index (χ0v) is 21.7. The fourth-order valence-corrected chi connectivity index (χ4v) is 2.96. The minimum absolute atomic E-state index is 0.0468. The van der Waals surface area contributed by atoms with Crippen LogP contribution in [0.4, 0.5) is 0 Å². The Morgan fingerprint density at radius 2 is 1.31 bits per heavy atom. The molecule has 39 heavy (non-hydrogen) atoms. The van der Waals surface area contributed by atoms with Crippen LogP contribution in [-0.2, 0) is 19.1 Å². The van der Waals surface area contributed by atoms with Gasteiger partial charge in [-0.2, -0.15) is 10.5 Å². The van der Waals surface area contributed by atoms with Crippen LogP contribution < -0.4 is 9.47 Å². The third-order valence-corrected chi connectivity index (χ3v) is 4.87. The first-order valence-electron chi connectivity index (χ1n) is 12.1. The lowest BCUT2D eigenvalue weighted by atomic mass is 10.1. The average molecular weight is 535 g/mol. The van der Waals surface area contributed by atoms with Crippen LogP contribution in [-0.4, -0.2) is 61.3 Å². The second-order valence-corrected chi connectivity index (χ2v) is 8.66. The maximum absolute atomic E-state index is 12.1. The number of nitrogens with zero attached hydrogens (tertiary/aromatic N) is 2. The van der Waals surface area contributed by atoms with E-state index in [0.29, 0.717) is 35.2 Å². The van der Waals surface area contributed by atoms with E-state index in [4.69, 9.17) is 29.3 Å². The van der Waals surface area contributed by atoms with Gasteiger partial charge in [-0.25, -0.2) is 9.59 Å².